The fraction of sp³-hybridized carbons (Fsp3) is 0.312. The van der Waals surface area contributed by atoms with Gasteiger partial charge in [-0.1, -0.05) is 60.7 Å². The summed E-state index contributed by atoms with van der Waals surface area (Å²) in [6.45, 7) is 3.38. The molecule has 4 aromatic rings. The van der Waals surface area contributed by atoms with Crippen molar-refractivity contribution in [3.8, 4) is 16.9 Å². The standard InChI is InChI=1S/C32H35IN4O4/c33-37-31(41)13-11-27-26(10-12-28(38)32(27)37)29(39)21-34-24-14-17-36(18-15-24)19-16-30(40)35-20-23-8-4-5-9-25(23)22-6-2-1-3-7-22/h1-13,24,29,34,38-39H,14-21H2,(H,35,40)/t29-/m0/s1. The smallest absolute Gasteiger partial charge is 0.260 e. The Balaban J connectivity index is 1.06. The summed E-state index contributed by atoms with van der Waals surface area (Å²) in [5.74, 6) is 0.0587. The van der Waals surface area contributed by atoms with Crippen molar-refractivity contribution >= 4 is 39.7 Å². The van der Waals surface area contributed by atoms with Crippen LogP contribution in [-0.4, -0.2) is 56.0 Å². The molecule has 1 aliphatic rings. The molecule has 214 valence electrons. The van der Waals surface area contributed by atoms with Gasteiger partial charge in [0.05, 0.1) is 29.0 Å². The van der Waals surface area contributed by atoms with Crippen LogP contribution in [0.3, 0.4) is 0 Å². The number of hydrogen-bond acceptors (Lipinski definition) is 6. The summed E-state index contributed by atoms with van der Waals surface area (Å²) >= 11 is 1.87. The molecule has 1 saturated heterocycles. The van der Waals surface area contributed by atoms with Crippen LogP contribution in [0.5, 0.6) is 5.75 Å². The maximum absolute atomic E-state index is 12.6. The Kier molecular flexibility index (Phi) is 9.71. The number of fused-ring (bicyclic) bond motifs is 1. The van der Waals surface area contributed by atoms with E-state index in [0.717, 1.165) is 49.2 Å². The molecule has 1 amide bonds. The molecule has 1 fully saturated rings. The molecule has 0 bridgehead atoms. The molecule has 3 aromatic carbocycles. The number of aliphatic hydroxyl groups is 1. The number of piperidine rings is 1. The number of aromatic hydroxyl groups is 1. The first kappa shape index (κ1) is 29.2. The largest absolute Gasteiger partial charge is 0.506 e. The Bertz CT molecular complexity index is 1550. The highest BCUT2D eigenvalue weighted by atomic mass is 127. The Morgan fingerprint density at radius 2 is 1.71 bits per heavy atom. The molecular weight excluding hydrogens is 631 g/mol. The fourth-order valence-electron chi connectivity index (χ4n) is 5.48. The number of halogens is 1. The number of aliphatic hydroxyl groups excluding tert-OH is 1. The molecule has 9 heteroatoms. The zero-order valence-electron chi connectivity index (χ0n) is 22.8. The quantitative estimate of drug-likeness (QED) is 0.188. The number of nitrogens with one attached hydrogen (secondary N) is 2. The van der Waals surface area contributed by atoms with E-state index in [-0.39, 0.29) is 23.3 Å². The SMILES string of the molecule is O=C(CCN1CCC(NC[C@H](O)c2ccc(O)c3c2ccc(=O)n3I)CC1)NCc1ccccc1-c1ccccc1. The molecular formula is C32H35IN4O4. The molecule has 1 aromatic heterocycles. The Morgan fingerprint density at radius 1 is 0.976 bits per heavy atom. The number of phenols is 1. The summed E-state index contributed by atoms with van der Waals surface area (Å²) in [6.07, 6.45) is 1.55. The van der Waals surface area contributed by atoms with Crippen molar-refractivity contribution < 1.29 is 15.0 Å². The van der Waals surface area contributed by atoms with Crippen molar-refractivity contribution in [3.05, 3.63) is 100 Å². The van der Waals surface area contributed by atoms with Gasteiger partial charge in [0.2, 0.25) is 5.91 Å². The topological polar surface area (TPSA) is 107 Å². The molecule has 0 saturated carbocycles. The van der Waals surface area contributed by atoms with Gasteiger partial charge in [-0.05, 0) is 60.3 Å². The fourth-order valence-corrected chi connectivity index (χ4v) is 6.15. The van der Waals surface area contributed by atoms with Gasteiger partial charge < -0.3 is 25.7 Å². The summed E-state index contributed by atoms with van der Waals surface area (Å²) in [6, 6.07) is 25.0. The van der Waals surface area contributed by atoms with Crippen molar-refractivity contribution in [1.29, 1.82) is 0 Å². The lowest BCUT2D eigenvalue weighted by molar-refractivity contribution is -0.121. The van der Waals surface area contributed by atoms with Crippen molar-refractivity contribution in [2.24, 2.45) is 0 Å². The molecule has 0 aliphatic carbocycles. The lowest BCUT2D eigenvalue weighted by atomic mass is 10.00. The van der Waals surface area contributed by atoms with E-state index in [2.05, 4.69) is 39.8 Å². The van der Waals surface area contributed by atoms with E-state index in [4.69, 9.17) is 0 Å². The Labute approximate surface area is 253 Å². The van der Waals surface area contributed by atoms with Crippen molar-refractivity contribution in [1.82, 2.24) is 18.3 Å². The molecule has 1 atom stereocenters. The zero-order valence-corrected chi connectivity index (χ0v) is 25.0. The maximum atomic E-state index is 12.6. The summed E-state index contributed by atoms with van der Waals surface area (Å²) in [5.41, 5.74) is 4.24. The van der Waals surface area contributed by atoms with Crippen molar-refractivity contribution in [3.63, 3.8) is 0 Å². The van der Waals surface area contributed by atoms with Crippen LogP contribution in [0, 0.1) is 0 Å². The first-order chi connectivity index (χ1) is 19.9. The third-order valence-electron chi connectivity index (χ3n) is 7.79. The van der Waals surface area contributed by atoms with Gasteiger partial charge in [-0.25, -0.2) is 2.78 Å². The minimum Gasteiger partial charge on any atom is -0.506 e. The lowest BCUT2D eigenvalue weighted by Gasteiger charge is -2.32. The first-order valence-electron chi connectivity index (χ1n) is 14.0. The van der Waals surface area contributed by atoms with Gasteiger partial charge in [-0.15, -0.1) is 0 Å². The van der Waals surface area contributed by atoms with Crippen molar-refractivity contribution in [2.75, 3.05) is 26.2 Å². The third kappa shape index (κ3) is 7.16. The van der Waals surface area contributed by atoms with Gasteiger partial charge in [0.1, 0.15) is 11.3 Å². The monoisotopic (exact) mass is 666 g/mol. The summed E-state index contributed by atoms with van der Waals surface area (Å²) in [4.78, 5) is 26.9. The molecule has 5 rings (SSSR count). The summed E-state index contributed by atoms with van der Waals surface area (Å²) in [7, 11) is 0. The molecule has 8 nitrogen and oxygen atoms in total. The molecule has 1 aliphatic heterocycles. The number of carbonyl (C=O) groups is 1. The highest BCUT2D eigenvalue weighted by Crippen LogP contribution is 2.31. The number of nitrogens with zero attached hydrogens (tertiary/aromatic N) is 2. The highest BCUT2D eigenvalue weighted by molar-refractivity contribution is 14.1. The predicted molar refractivity (Wildman–Crippen MR) is 170 cm³/mol. The van der Waals surface area contributed by atoms with Crippen LogP contribution in [0.15, 0.2) is 83.7 Å². The number of phenolic OH excluding ortho intramolecular Hbond substituents is 1. The van der Waals surface area contributed by atoms with Crippen LogP contribution in [0.4, 0.5) is 0 Å². The van der Waals surface area contributed by atoms with Crippen LogP contribution < -0.4 is 16.2 Å². The number of rotatable bonds is 10. The van der Waals surface area contributed by atoms with E-state index >= 15 is 0 Å². The number of amides is 1. The van der Waals surface area contributed by atoms with E-state index in [9.17, 15) is 19.8 Å². The Hall–Kier alpha value is -3.25. The second-order valence-corrected chi connectivity index (χ2v) is 11.4. The van der Waals surface area contributed by atoms with Gasteiger partial charge in [0, 0.05) is 43.5 Å². The average Bonchev–Trinajstić information content (AvgIpc) is 3.00. The molecule has 0 radical (unpaired) electrons. The second kappa shape index (κ2) is 13.6. The molecule has 2 heterocycles. The van der Waals surface area contributed by atoms with E-state index in [0.29, 0.717) is 36.0 Å². The van der Waals surface area contributed by atoms with Gasteiger partial charge in [0.15, 0.2) is 0 Å². The molecule has 0 spiro atoms. The van der Waals surface area contributed by atoms with Gasteiger partial charge in [-0.2, -0.15) is 0 Å². The molecule has 4 N–H and O–H groups in total. The highest BCUT2D eigenvalue weighted by Gasteiger charge is 2.22. The molecule has 41 heavy (non-hydrogen) atoms. The van der Waals surface area contributed by atoms with Gasteiger partial charge in [0.25, 0.3) is 5.56 Å². The van der Waals surface area contributed by atoms with Crippen LogP contribution in [0.2, 0.25) is 0 Å². The minimum absolute atomic E-state index is 0.00839. The van der Waals surface area contributed by atoms with Crippen LogP contribution in [-0.2, 0) is 11.3 Å². The normalized spacial score (nSPS) is 15.2. The number of carbonyl (C=O) groups excluding carboxylic acids is 1. The summed E-state index contributed by atoms with van der Waals surface area (Å²) < 4.78 is 1.37. The molecule has 0 unspecified atom stereocenters. The van der Waals surface area contributed by atoms with Crippen molar-refractivity contribution in [2.45, 2.75) is 38.0 Å². The number of pyridine rings is 1. The maximum Gasteiger partial charge on any atom is 0.260 e. The van der Waals surface area contributed by atoms with E-state index in [1.165, 1.54) is 14.9 Å². The second-order valence-electron chi connectivity index (χ2n) is 10.5. The first-order valence-corrected chi connectivity index (χ1v) is 14.9. The van der Waals surface area contributed by atoms with Gasteiger partial charge >= 0.3 is 0 Å². The predicted octanol–water partition coefficient (Wildman–Crippen LogP) is 4.37. The number of benzene rings is 3. The number of hydrogen-bond donors (Lipinski definition) is 4. The third-order valence-corrected chi connectivity index (χ3v) is 8.75. The van der Waals surface area contributed by atoms with Crippen LogP contribution in [0.1, 0.15) is 36.5 Å². The van der Waals surface area contributed by atoms with E-state index in [1.807, 2.05) is 53.2 Å². The average molecular weight is 667 g/mol. The Morgan fingerprint density at radius 3 is 2.49 bits per heavy atom. The van der Waals surface area contributed by atoms with Crippen LogP contribution >= 0.6 is 22.9 Å². The summed E-state index contributed by atoms with van der Waals surface area (Å²) in [5, 5.41) is 28.4. The lowest BCUT2D eigenvalue weighted by Crippen LogP contribution is -2.44. The van der Waals surface area contributed by atoms with Crippen LogP contribution in [0.25, 0.3) is 22.0 Å². The minimum atomic E-state index is -0.777. The zero-order chi connectivity index (χ0) is 28.8. The number of likely N-dealkylation sites (tertiary alicyclic amines) is 1. The van der Waals surface area contributed by atoms with Gasteiger partial charge in [-0.3, -0.25) is 9.59 Å². The van der Waals surface area contributed by atoms with E-state index in [1.54, 1.807) is 12.1 Å². The number of aromatic nitrogens is 1. The van der Waals surface area contributed by atoms with E-state index < -0.39 is 6.10 Å².